The number of H-pyrrole nitrogens is 1. The number of pyridine rings is 1. The van der Waals surface area contributed by atoms with Crippen LogP contribution in [0.4, 0.5) is 0 Å². The van der Waals surface area contributed by atoms with Crippen LogP contribution < -0.4 is 5.32 Å². The van der Waals surface area contributed by atoms with Crippen LogP contribution in [0, 0.1) is 0 Å². The van der Waals surface area contributed by atoms with Crippen molar-refractivity contribution in [2.45, 2.75) is 6.54 Å². The van der Waals surface area contributed by atoms with Gasteiger partial charge in [-0.1, -0.05) is 6.07 Å². The van der Waals surface area contributed by atoms with E-state index in [2.05, 4.69) is 20.5 Å². The number of furan rings is 2. The highest BCUT2D eigenvalue weighted by Gasteiger charge is 2.12. The maximum absolute atomic E-state index is 12.2. The average molecular weight is 334 g/mol. The Morgan fingerprint density at radius 2 is 1.88 bits per heavy atom. The van der Waals surface area contributed by atoms with E-state index in [1.165, 1.54) is 0 Å². The lowest BCUT2D eigenvalue weighted by Crippen LogP contribution is -2.23. The fourth-order valence-electron chi connectivity index (χ4n) is 2.37. The highest BCUT2D eigenvalue weighted by atomic mass is 16.3. The molecule has 25 heavy (non-hydrogen) atoms. The van der Waals surface area contributed by atoms with E-state index >= 15 is 0 Å². The van der Waals surface area contributed by atoms with Gasteiger partial charge < -0.3 is 14.2 Å². The Morgan fingerprint density at radius 1 is 1.08 bits per heavy atom. The van der Waals surface area contributed by atoms with Crippen LogP contribution >= 0.6 is 0 Å². The summed E-state index contributed by atoms with van der Waals surface area (Å²) in [6, 6.07) is 12.6. The zero-order valence-electron chi connectivity index (χ0n) is 13.1. The van der Waals surface area contributed by atoms with E-state index in [-0.39, 0.29) is 5.91 Å². The lowest BCUT2D eigenvalue weighted by atomic mass is 10.2. The Kier molecular flexibility index (Phi) is 3.88. The highest BCUT2D eigenvalue weighted by molar-refractivity contribution is 5.93. The summed E-state index contributed by atoms with van der Waals surface area (Å²) in [5.74, 6) is 1.06. The van der Waals surface area contributed by atoms with Gasteiger partial charge in [0.25, 0.3) is 5.91 Å². The second-order valence-electron chi connectivity index (χ2n) is 5.36. The van der Waals surface area contributed by atoms with Crippen molar-refractivity contribution in [2.75, 3.05) is 0 Å². The lowest BCUT2D eigenvalue weighted by Gasteiger charge is -2.04. The number of carbonyl (C=O) groups is 1. The van der Waals surface area contributed by atoms with Gasteiger partial charge in [0, 0.05) is 18.8 Å². The van der Waals surface area contributed by atoms with Crippen LogP contribution in [0.1, 0.15) is 16.1 Å². The minimum Gasteiger partial charge on any atom is -0.463 e. The third kappa shape index (κ3) is 3.20. The molecule has 0 aliphatic heterocycles. The van der Waals surface area contributed by atoms with Crippen molar-refractivity contribution in [3.8, 4) is 22.9 Å². The van der Waals surface area contributed by atoms with Crippen LogP contribution in [0.2, 0.25) is 0 Å². The van der Waals surface area contributed by atoms with Crippen LogP contribution in [0.25, 0.3) is 22.9 Å². The number of carbonyl (C=O) groups excluding carboxylic acids is 1. The molecule has 7 nitrogen and oxygen atoms in total. The molecule has 0 radical (unpaired) electrons. The zero-order chi connectivity index (χ0) is 17.1. The summed E-state index contributed by atoms with van der Waals surface area (Å²) in [6.45, 7) is 0.354. The molecule has 2 N–H and O–H groups in total. The van der Waals surface area contributed by atoms with E-state index in [9.17, 15) is 4.79 Å². The molecular weight excluding hydrogens is 320 g/mol. The van der Waals surface area contributed by atoms with Crippen LogP contribution in [-0.4, -0.2) is 21.1 Å². The molecule has 0 spiro atoms. The minimum atomic E-state index is -0.274. The molecule has 4 heterocycles. The second kappa shape index (κ2) is 6.48. The summed E-state index contributed by atoms with van der Waals surface area (Å²) in [7, 11) is 0. The number of hydrogen-bond donors (Lipinski definition) is 2. The molecule has 0 aliphatic rings. The van der Waals surface area contributed by atoms with Gasteiger partial charge in [-0.2, -0.15) is 5.10 Å². The van der Waals surface area contributed by atoms with Crippen LogP contribution in [0.3, 0.4) is 0 Å². The standard InChI is InChI=1S/C18H14N4O3/c23-18(15-9-14(21-22-15)17-4-2-8-25-17)20-11-12-5-6-13(19-10-12)16-3-1-7-24-16/h1-10H,11H2,(H,20,23)(H,21,22). The monoisotopic (exact) mass is 334 g/mol. The first-order valence-corrected chi connectivity index (χ1v) is 7.66. The van der Waals surface area contributed by atoms with Gasteiger partial charge in [-0.05, 0) is 35.9 Å². The molecule has 0 saturated heterocycles. The molecule has 0 aliphatic carbocycles. The third-order valence-corrected chi connectivity index (χ3v) is 3.65. The van der Waals surface area contributed by atoms with Gasteiger partial charge in [-0.15, -0.1) is 0 Å². The number of aromatic amines is 1. The number of hydrogen-bond acceptors (Lipinski definition) is 5. The second-order valence-corrected chi connectivity index (χ2v) is 5.36. The first kappa shape index (κ1) is 14.9. The number of amides is 1. The van der Waals surface area contributed by atoms with E-state index in [0.29, 0.717) is 29.5 Å². The van der Waals surface area contributed by atoms with E-state index in [0.717, 1.165) is 11.3 Å². The van der Waals surface area contributed by atoms with Gasteiger partial charge >= 0.3 is 0 Å². The Bertz CT molecular complexity index is 954. The molecule has 4 rings (SSSR count). The summed E-state index contributed by atoms with van der Waals surface area (Å²) in [6.07, 6.45) is 4.87. The van der Waals surface area contributed by atoms with E-state index in [1.54, 1.807) is 36.9 Å². The van der Waals surface area contributed by atoms with E-state index < -0.39 is 0 Å². The normalized spacial score (nSPS) is 10.7. The van der Waals surface area contributed by atoms with Gasteiger partial charge in [-0.3, -0.25) is 14.9 Å². The Morgan fingerprint density at radius 3 is 2.56 bits per heavy atom. The van der Waals surface area contributed by atoms with E-state index in [1.807, 2.05) is 24.3 Å². The number of aromatic nitrogens is 3. The summed E-state index contributed by atoms with van der Waals surface area (Å²) >= 11 is 0. The van der Waals surface area contributed by atoms with Gasteiger partial charge in [0.05, 0.1) is 12.5 Å². The maximum Gasteiger partial charge on any atom is 0.272 e. The first-order valence-electron chi connectivity index (χ1n) is 7.66. The lowest BCUT2D eigenvalue weighted by molar-refractivity contribution is 0.0946. The summed E-state index contributed by atoms with van der Waals surface area (Å²) in [4.78, 5) is 16.5. The van der Waals surface area contributed by atoms with Crippen LogP contribution in [-0.2, 0) is 6.54 Å². The summed E-state index contributed by atoms with van der Waals surface area (Å²) < 4.78 is 10.6. The third-order valence-electron chi connectivity index (χ3n) is 3.65. The Hall–Kier alpha value is -3.61. The molecule has 124 valence electrons. The van der Waals surface area contributed by atoms with Crippen LogP contribution in [0.5, 0.6) is 0 Å². The molecular formula is C18H14N4O3. The summed E-state index contributed by atoms with van der Waals surface area (Å²) in [5, 5.41) is 9.60. The average Bonchev–Trinajstić information content (AvgIpc) is 3.42. The van der Waals surface area contributed by atoms with Crippen molar-refractivity contribution in [1.29, 1.82) is 0 Å². The van der Waals surface area contributed by atoms with Crippen molar-refractivity contribution in [2.24, 2.45) is 0 Å². The molecule has 7 heteroatoms. The highest BCUT2D eigenvalue weighted by Crippen LogP contribution is 2.18. The number of nitrogens with zero attached hydrogens (tertiary/aromatic N) is 2. The van der Waals surface area contributed by atoms with Gasteiger partial charge in [0.1, 0.15) is 11.4 Å². The largest absolute Gasteiger partial charge is 0.463 e. The van der Waals surface area contributed by atoms with E-state index in [4.69, 9.17) is 8.83 Å². The molecule has 0 fully saturated rings. The molecule has 0 aromatic carbocycles. The molecule has 1 amide bonds. The molecule has 0 saturated carbocycles. The molecule has 0 unspecified atom stereocenters. The minimum absolute atomic E-state index is 0.274. The smallest absolute Gasteiger partial charge is 0.272 e. The van der Waals surface area contributed by atoms with Crippen molar-refractivity contribution in [1.82, 2.24) is 20.5 Å². The SMILES string of the molecule is O=C(NCc1ccc(-c2ccco2)nc1)c1cc(-c2ccco2)[nH]n1. The topological polar surface area (TPSA) is 97.0 Å². The Labute approximate surface area is 142 Å². The summed E-state index contributed by atoms with van der Waals surface area (Å²) in [5.41, 5.74) is 2.58. The number of rotatable bonds is 5. The molecule has 0 bridgehead atoms. The molecule has 0 atom stereocenters. The predicted molar refractivity (Wildman–Crippen MR) is 89.4 cm³/mol. The maximum atomic E-state index is 12.2. The quantitative estimate of drug-likeness (QED) is 0.584. The fraction of sp³-hybridized carbons (Fsp3) is 0.0556. The Balaban J connectivity index is 1.39. The predicted octanol–water partition coefficient (Wildman–Crippen LogP) is 3.25. The van der Waals surface area contributed by atoms with Crippen LogP contribution in [0.15, 0.2) is 70.0 Å². The van der Waals surface area contributed by atoms with Gasteiger partial charge in [0.15, 0.2) is 17.2 Å². The zero-order valence-corrected chi connectivity index (χ0v) is 13.1. The van der Waals surface area contributed by atoms with Crippen molar-refractivity contribution in [3.63, 3.8) is 0 Å². The molecule has 4 aromatic rings. The van der Waals surface area contributed by atoms with Crippen molar-refractivity contribution in [3.05, 3.63) is 72.4 Å². The first-order chi connectivity index (χ1) is 12.3. The number of nitrogens with one attached hydrogen (secondary N) is 2. The van der Waals surface area contributed by atoms with Crippen molar-refractivity contribution < 1.29 is 13.6 Å². The fourth-order valence-corrected chi connectivity index (χ4v) is 2.37. The van der Waals surface area contributed by atoms with Gasteiger partial charge in [-0.25, -0.2) is 0 Å². The van der Waals surface area contributed by atoms with Crippen molar-refractivity contribution >= 4 is 5.91 Å². The molecule has 4 aromatic heterocycles. The van der Waals surface area contributed by atoms with Gasteiger partial charge in [0.2, 0.25) is 0 Å².